The van der Waals surface area contributed by atoms with Crippen molar-refractivity contribution in [2.24, 2.45) is 5.92 Å². The second kappa shape index (κ2) is 7.71. The Bertz CT molecular complexity index is 711. The highest BCUT2D eigenvalue weighted by atomic mass is 16.2. The molecular weight excluding hydrogens is 342 g/mol. The first kappa shape index (κ1) is 19.4. The molecule has 1 unspecified atom stereocenters. The largest absolute Gasteiger partial charge is 0.341 e. The van der Waals surface area contributed by atoms with Gasteiger partial charge in [-0.15, -0.1) is 0 Å². The first-order valence-corrected chi connectivity index (χ1v) is 9.71. The maximum Gasteiger partial charge on any atom is 0.253 e. The van der Waals surface area contributed by atoms with Gasteiger partial charge in [0.2, 0.25) is 11.8 Å². The molecule has 2 fully saturated rings. The van der Waals surface area contributed by atoms with Crippen molar-refractivity contribution in [1.29, 1.82) is 0 Å². The molecule has 0 bridgehead atoms. The molecule has 6 nitrogen and oxygen atoms in total. The topological polar surface area (TPSA) is 60.9 Å². The zero-order valence-electron chi connectivity index (χ0n) is 16.5. The van der Waals surface area contributed by atoms with Gasteiger partial charge < -0.3 is 14.7 Å². The molecule has 146 valence electrons. The first-order chi connectivity index (χ1) is 12.8. The molecule has 0 aliphatic carbocycles. The zero-order valence-corrected chi connectivity index (χ0v) is 16.5. The van der Waals surface area contributed by atoms with Gasteiger partial charge in [-0.3, -0.25) is 14.4 Å². The van der Waals surface area contributed by atoms with Crippen molar-refractivity contribution < 1.29 is 14.4 Å². The number of likely N-dealkylation sites (tertiary alicyclic amines) is 1. The second-order valence-electron chi connectivity index (χ2n) is 8.41. The van der Waals surface area contributed by atoms with Crippen LogP contribution in [0.4, 0.5) is 0 Å². The fourth-order valence-electron chi connectivity index (χ4n) is 3.88. The number of carbonyl (C=O) groups is 3. The van der Waals surface area contributed by atoms with Crippen LogP contribution in [-0.2, 0) is 9.59 Å². The van der Waals surface area contributed by atoms with E-state index in [1.54, 1.807) is 4.90 Å². The van der Waals surface area contributed by atoms with Gasteiger partial charge in [0.05, 0.1) is 5.92 Å². The van der Waals surface area contributed by atoms with Gasteiger partial charge in [-0.05, 0) is 39.3 Å². The molecule has 0 radical (unpaired) electrons. The number of carbonyl (C=O) groups excluding carboxylic acids is 3. The van der Waals surface area contributed by atoms with Crippen LogP contribution in [0.15, 0.2) is 30.3 Å². The van der Waals surface area contributed by atoms with E-state index in [2.05, 4.69) is 0 Å². The molecule has 2 aliphatic rings. The van der Waals surface area contributed by atoms with Gasteiger partial charge in [0, 0.05) is 50.2 Å². The van der Waals surface area contributed by atoms with Crippen LogP contribution in [0.25, 0.3) is 0 Å². The summed E-state index contributed by atoms with van der Waals surface area (Å²) in [7, 11) is 0. The van der Waals surface area contributed by atoms with Gasteiger partial charge in [-0.2, -0.15) is 0 Å². The fraction of sp³-hybridized carbons (Fsp3) is 0.571. The number of nitrogens with zero attached hydrogens (tertiary/aromatic N) is 3. The Kier molecular flexibility index (Phi) is 5.53. The van der Waals surface area contributed by atoms with Crippen LogP contribution in [0.2, 0.25) is 0 Å². The lowest BCUT2D eigenvalue weighted by molar-refractivity contribution is -0.135. The summed E-state index contributed by atoms with van der Waals surface area (Å²) >= 11 is 0. The monoisotopic (exact) mass is 371 g/mol. The van der Waals surface area contributed by atoms with Crippen molar-refractivity contribution in [3.8, 4) is 0 Å². The highest BCUT2D eigenvalue weighted by molar-refractivity contribution is 5.94. The summed E-state index contributed by atoms with van der Waals surface area (Å²) in [6.07, 6.45) is 1.05. The Balaban J connectivity index is 1.60. The van der Waals surface area contributed by atoms with Crippen LogP contribution in [-0.4, -0.2) is 70.7 Å². The summed E-state index contributed by atoms with van der Waals surface area (Å²) < 4.78 is 0. The molecule has 1 aromatic rings. The van der Waals surface area contributed by atoms with Crippen LogP contribution in [0.3, 0.4) is 0 Å². The first-order valence-electron chi connectivity index (χ1n) is 9.71. The van der Waals surface area contributed by atoms with E-state index in [0.717, 1.165) is 6.42 Å². The lowest BCUT2D eigenvalue weighted by Crippen LogP contribution is -2.44. The van der Waals surface area contributed by atoms with Crippen molar-refractivity contribution in [3.05, 3.63) is 35.9 Å². The number of hydrogen-bond donors (Lipinski definition) is 0. The van der Waals surface area contributed by atoms with Gasteiger partial charge in [0.1, 0.15) is 0 Å². The molecule has 0 spiro atoms. The third-order valence-electron chi connectivity index (χ3n) is 5.40. The molecule has 1 atom stereocenters. The molecular formula is C21H29N3O3. The number of benzene rings is 1. The standard InChI is InChI=1S/C21H29N3O3/c1-21(2,3)24-15-17(14-18(24)25)20(27)23-11-7-10-22(12-13-23)19(26)16-8-5-4-6-9-16/h4-6,8-9,17H,7,10-15H2,1-3H3. The van der Waals surface area contributed by atoms with Crippen LogP contribution in [0.5, 0.6) is 0 Å². The summed E-state index contributed by atoms with van der Waals surface area (Å²) in [6, 6.07) is 9.25. The molecule has 6 heteroatoms. The Hall–Kier alpha value is -2.37. The minimum Gasteiger partial charge on any atom is -0.341 e. The highest BCUT2D eigenvalue weighted by Gasteiger charge is 2.41. The summed E-state index contributed by atoms with van der Waals surface area (Å²) in [4.78, 5) is 43.4. The summed E-state index contributed by atoms with van der Waals surface area (Å²) in [5.74, 6) is -0.159. The van der Waals surface area contributed by atoms with E-state index in [0.29, 0.717) is 44.7 Å². The lowest BCUT2D eigenvalue weighted by atomic mass is 10.1. The van der Waals surface area contributed by atoms with E-state index in [1.807, 2.05) is 60.9 Å². The number of hydrogen-bond acceptors (Lipinski definition) is 3. The van der Waals surface area contributed by atoms with Crippen molar-refractivity contribution >= 4 is 17.7 Å². The molecule has 0 N–H and O–H groups in total. The normalized spacial score (nSPS) is 21.4. The minimum absolute atomic E-state index is 0.0138. The number of amides is 3. The Morgan fingerprint density at radius 3 is 2.22 bits per heavy atom. The van der Waals surface area contributed by atoms with E-state index < -0.39 is 0 Å². The Labute approximate surface area is 161 Å². The average molecular weight is 371 g/mol. The van der Waals surface area contributed by atoms with E-state index in [9.17, 15) is 14.4 Å². The van der Waals surface area contributed by atoms with Gasteiger partial charge in [0.25, 0.3) is 5.91 Å². The second-order valence-corrected chi connectivity index (χ2v) is 8.41. The SMILES string of the molecule is CC(C)(C)N1CC(C(=O)N2CCCN(C(=O)c3ccccc3)CC2)CC1=O. The summed E-state index contributed by atoms with van der Waals surface area (Å²) in [5, 5.41) is 0. The predicted octanol–water partition coefficient (Wildman–Crippen LogP) is 2.01. The average Bonchev–Trinajstić information content (AvgIpc) is 2.88. The van der Waals surface area contributed by atoms with Gasteiger partial charge in [-0.25, -0.2) is 0 Å². The van der Waals surface area contributed by atoms with E-state index in [1.165, 1.54) is 0 Å². The summed E-state index contributed by atoms with van der Waals surface area (Å²) in [6.45, 7) is 8.82. The quantitative estimate of drug-likeness (QED) is 0.799. The molecule has 0 aromatic heterocycles. The molecule has 3 amide bonds. The maximum atomic E-state index is 13.0. The van der Waals surface area contributed by atoms with Crippen molar-refractivity contribution in [2.45, 2.75) is 39.2 Å². The summed E-state index contributed by atoms with van der Waals surface area (Å²) in [5.41, 5.74) is 0.420. The molecule has 3 rings (SSSR count). The minimum atomic E-state index is -0.270. The molecule has 1 aromatic carbocycles. The molecule has 27 heavy (non-hydrogen) atoms. The zero-order chi connectivity index (χ0) is 19.6. The third-order valence-corrected chi connectivity index (χ3v) is 5.40. The molecule has 0 saturated carbocycles. The van der Waals surface area contributed by atoms with Crippen molar-refractivity contribution in [1.82, 2.24) is 14.7 Å². The maximum absolute atomic E-state index is 13.0. The molecule has 2 heterocycles. The van der Waals surface area contributed by atoms with Gasteiger partial charge in [0.15, 0.2) is 0 Å². The number of rotatable bonds is 2. The van der Waals surface area contributed by atoms with E-state index in [-0.39, 0.29) is 29.2 Å². The van der Waals surface area contributed by atoms with Crippen molar-refractivity contribution in [2.75, 3.05) is 32.7 Å². The van der Waals surface area contributed by atoms with Crippen LogP contribution < -0.4 is 0 Å². The Morgan fingerprint density at radius 2 is 1.59 bits per heavy atom. The van der Waals surface area contributed by atoms with Gasteiger partial charge >= 0.3 is 0 Å². The lowest BCUT2D eigenvalue weighted by Gasteiger charge is -2.32. The fourth-order valence-corrected chi connectivity index (χ4v) is 3.88. The molecule has 2 saturated heterocycles. The highest BCUT2D eigenvalue weighted by Crippen LogP contribution is 2.27. The smallest absolute Gasteiger partial charge is 0.253 e. The third kappa shape index (κ3) is 4.31. The van der Waals surface area contributed by atoms with Crippen LogP contribution >= 0.6 is 0 Å². The van der Waals surface area contributed by atoms with Gasteiger partial charge in [-0.1, -0.05) is 18.2 Å². The molecule has 2 aliphatic heterocycles. The van der Waals surface area contributed by atoms with Crippen molar-refractivity contribution in [3.63, 3.8) is 0 Å². The van der Waals surface area contributed by atoms with E-state index in [4.69, 9.17) is 0 Å². The van der Waals surface area contributed by atoms with E-state index >= 15 is 0 Å². The van der Waals surface area contributed by atoms with Crippen LogP contribution in [0, 0.1) is 5.92 Å². The van der Waals surface area contributed by atoms with Crippen LogP contribution in [0.1, 0.15) is 44.0 Å². The Morgan fingerprint density at radius 1 is 0.963 bits per heavy atom. The predicted molar refractivity (Wildman–Crippen MR) is 103 cm³/mol.